The Kier molecular flexibility index (Phi) is 3.61. The zero-order chi connectivity index (χ0) is 14.1. The highest BCUT2D eigenvalue weighted by molar-refractivity contribution is 6.31. The molecule has 0 radical (unpaired) electrons. The van der Waals surface area contributed by atoms with Gasteiger partial charge in [0.05, 0.1) is 6.04 Å². The van der Waals surface area contributed by atoms with Gasteiger partial charge in [-0.05, 0) is 47.4 Å². The van der Waals surface area contributed by atoms with Crippen LogP contribution in [-0.2, 0) is 0 Å². The summed E-state index contributed by atoms with van der Waals surface area (Å²) in [5, 5.41) is 12.8. The SMILES string of the molecule is CC1CCCCC1n1nnnc1-c1cc(Cl)ccc1N. The summed E-state index contributed by atoms with van der Waals surface area (Å²) in [5.74, 6) is 1.29. The van der Waals surface area contributed by atoms with Crippen LogP contribution in [0.15, 0.2) is 18.2 Å². The van der Waals surface area contributed by atoms with E-state index in [1.165, 1.54) is 19.3 Å². The average molecular weight is 292 g/mol. The molecule has 5 nitrogen and oxygen atoms in total. The highest BCUT2D eigenvalue weighted by atomic mass is 35.5. The van der Waals surface area contributed by atoms with Crippen molar-refractivity contribution in [2.45, 2.75) is 38.6 Å². The molecular formula is C14H18ClN5. The monoisotopic (exact) mass is 291 g/mol. The number of halogens is 1. The molecule has 0 bridgehead atoms. The predicted octanol–water partition coefficient (Wildman–Crippen LogP) is 3.33. The lowest BCUT2D eigenvalue weighted by Gasteiger charge is -2.29. The molecule has 1 aromatic heterocycles. The van der Waals surface area contributed by atoms with Crippen molar-refractivity contribution < 1.29 is 0 Å². The minimum absolute atomic E-state index is 0.340. The third-order valence-corrected chi connectivity index (χ3v) is 4.36. The number of tetrazole rings is 1. The highest BCUT2D eigenvalue weighted by Crippen LogP contribution is 2.36. The van der Waals surface area contributed by atoms with Gasteiger partial charge in [0, 0.05) is 16.3 Å². The second kappa shape index (κ2) is 5.40. The van der Waals surface area contributed by atoms with E-state index in [1.54, 1.807) is 12.1 Å². The van der Waals surface area contributed by atoms with Crippen LogP contribution < -0.4 is 5.73 Å². The third-order valence-electron chi connectivity index (χ3n) is 4.13. The molecule has 20 heavy (non-hydrogen) atoms. The van der Waals surface area contributed by atoms with Crippen LogP contribution >= 0.6 is 11.6 Å². The molecule has 2 N–H and O–H groups in total. The Balaban J connectivity index is 2.03. The normalized spacial score (nSPS) is 22.9. The van der Waals surface area contributed by atoms with Crippen LogP contribution in [0, 0.1) is 5.92 Å². The largest absolute Gasteiger partial charge is 0.398 e. The predicted molar refractivity (Wildman–Crippen MR) is 79.3 cm³/mol. The van der Waals surface area contributed by atoms with Gasteiger partial charge in [0.25, 0.3) is 0 Å². The zero-order valence-corrected chi connectivity index (χ0v) is 12.2. The summed E-state index contributed by atoms with van der Waals surface area (Å²) in [6.45, 7) is 2.26. The van der Waals surface area contributed by atoms with Crippen LogP contribution in [0.1, 0.15) is 38.6 Å². The van der Waals surface area contributed by atoms with Crippen LogP contribution in [0.4, 0.5) is 5.69 Å². The zero-order valence-electron chi connectivity index (χ0n) is 11.5. The molecule has 1 saturated carbocycles. The number of benzene rings is 1. The van der Waals surface area contributed by atoms with Gasteiger partial charge in [-0.3, -0.25) is 0 Å². The van der Waals surface area contributed by atoms with Crippen molar-refractivity contribution in [3.8, 4) is 11.4 Å². The molecule has 1 heterocycles. The van der Waals surface area contributed by atoms with Crippen LogP contribution in [0.3, 0.4) is 0 Å². The number of aromatic nitrogens is 4. The Morgan fingerprint density at radius 1 is 1.30 bits per heavy atom. The maximum atomic E-state index is 6.07. The topological polar surface area (TPSA) is 69.6 Å². The second-order valence-corrected chi connectivity index (χ2v) is 5.94. The Labute approximate surface area is 123 Å². The van der Waals surface area contributed by atoms with Gasteiger partial charge in [-0.1, -0.05) is 31.4 Å². The Morgan fingerprint density at radius 3 is 2.90 bits per heavy atom. The lowest BCUT2D eigenvalue weighted by atomic mass is 9.86. The number of nitrogen functional groups attached to an aromatic ring is 1. The summed E-state index contributed by atoms with van der Waals surface area (Å²) in [5.41, 5.74) is 7.50. The van der Waals surface area contributed by atoms with Gasteiger partial charge in [-0.15, -0.1) is 5.10 Å². The second-order valence-electron chi connectivity index (χ2n) is 5.51. The number of nitrogens with two attached hydrogens (primary N) is 1. The molecule has 2 atom stereocenters. The molecule has 1 aliphatic rings. The first-order chi connectivity index (χ1) is 9.66. The Hall–Kier alpha value is -1.62. The van der Waals surface area contributed by atoms with E-state index in [-0.39, 0.29) is 0 Å². The first-order valence-electron chi connectivity index (χ1n) is 7.00. The molecule has 2 unspecified atom stereocenters. The van der Waals surface area contributed by atoms with Crippen molar-refractivity contribution in [1.29, 1.82) is 0 Å². The molecule has 1 fully saturated rings. The van der Waals surface area contributed by atoms with Crippen molar-refractivity contribution in [3.05, 3.63) is 23.2 Å². The van der Waals surface area contributed by atoms with Crippen molar-refractivity contribution in [2.24, 2.45) is 5.92 Å². The molecule has 3 rings (SSSR count). The summed E-state index contributed by atoms with van der Waals surface area (Å²) in [6.07, 6.45) is 4.84. The van der Waals surface area contributed by atoms with E-state index in [0.29, 0.717) is 28.5 Å². The summed E-state index contributed by atoms with van der Waals surface area (Å²) in [6, 6.07) is 5.73. The number of nitrogens with zero attached hydrogens (tertiary/aromatic N) is 4. The number of hydrogen-bond donors (Lipinski definition) is 1. The van der Waals surface area contributed by atoms with Gasteiger partial charge < -0.3 is 5.73 Å². The van der Waals surface area contributed by atoms with Crippen LogP contribution in [0.5, 0.6) is 0 Å². The van der Waals surface area contributed by atoms with E-state index >= 15 is 0 Å². The highest BCUT2D eigenvalue weighted by Gasteiger charge is 2.27. The quantitative estimate of drug-likeness (QED) is 0.862. The average Bonchev–Trinajstić information content (AvgIpc) is 2.91. The van der Waals surface area contributed by atoms with E-state index in [4.69, 9.17) is 17.3 Å². The van der Waals surface area contributed by atoms with Crippen LogP contribution in [0.25, 0.3) is 11.4 Å². The Bertz CT molecular complexity index is 609. The molecule has 106 valence electrons. The lowest BCUT2D eigenvalue weighted by Crippen LogP contribution is -2.23. The van der Waals surface area contributed by atoms with Crippen molar-refractivity contribution in [1.82, 2.24) is 20.2 Å². The fourth-order valence-electron chi connectivity index (χ4n) is 2.98. The molecule has 0 spiro atoms. The van der Waals surface area contributed by atoms with Crippen molar-refractivity contribution >= 4 is 17.3 Å². The van der Waals surface area contributed by atoms with Crippen molar-refractivity contribution in [2.75, 3.05) is 5.73 Å². The molecule has 6 heteroatoms. The molecule has 1 aliphatic carbocycles. The molecule has 0 amide bonds. The first-order valence-corrected chi connectivity index (χ1v) is 7.38. The standard InChI is InChI=1S/C14H18ClN5/c1-9-4-2-3-5-13(9)20-14(17-18-19-20)11-8-10(15)6-7-12(11)16/h6-9,13H,2-5,16H2,1H3. The fraction of sp³-hybridized carbons (Fsp3) is 0.500. The summed E-state index contributed by atoms with van der Waals surface area (Å²) in [4.78, 5) is 0. The van der Waals surface area contributed by atoms with Gasteiger partial charge in [0.2, 0.25) is 0 Å². The minimum Gasteiger partial charge on any atom is -0.398 e. The molecular weight excluding hydrogens is 274 g/mol. The molecule has 1 aromatic carbocycles. The van der Waals surface area contributed by atoms with Crippen LogP contribution in [-0.4, -0.2) is 20.2 Å². The third kappa shape index (κ3) is 2.38. The summed E-state index contributed by atoms with van der Waals surface area (Å²) in [7, 11) is 0. The van der Waals surface area contributed by atoms with Crippen molar-refractivity contribution in [3.63, 3.8) is 0 Å². The lowest BCUT2D eigenvalue weighted by molar-refractivity contribution is 0.239. The maximum absolute atomic E-state index is 6.07. The van der Waals surface area contributed by atoms with E-state index in [0.717, 1.165) is 12.0 Å². The van der Waals surface area contributed by atoms with E-state index < -0.39 is 0 Å². The van der Waals surface area contributed by atoms with Gasteiger partial charge in [0.1, 0.15) is 0 Å². The van der Waals surface area contributed by atoms with Gasteiger partial charge in [-0.2, -0.15) is 0 Å². The summed E-state index contributed by atoms with van der Waals surface area (Å²) >= 11 is 6.07. The fourth-order valence-corrected chi connectivity index (χ4v) is 3.15. The van der Waals surface area contributed by atoms with Gasteiger partial charge in [-0.25, -0.2) is 4.68 Å². The van der Waals surface area contributed by atoms with Gasteiger partial charge in [0.15, 0.2) is 5.82 Å². The Morgan fingerprint density at radius 2 is 2.10 bits per heavy atom. The first kappa shape index (κ1) is 13.4. The van der Waals surface area contributed by atoms with E-state index in [9.17, 15) is 0 Å². The van der Waals surface area contributed by atoms with Crippen LogP contribution in [0.2, 0.25) is 5.02 Å². The van der Waals surface area contributed by atoms with E-state index in [2.05, 4.69) is 22.4 Å². The smallest absolute Gasteiger partial charge is 0.184 e. The van der Waals surface area contributed by atoms with Gasteiger partial charge >= 0.3 is 0 Å². The number of hydrogen-bond acceptors (Lipinski definition) is 4. The van der Waals surface area contributed by atoms with E-state index in [1.807, 2.05) is 10.7 Å². The molecule has 0 saturated heterocycles. The summed E-state index contributed by atoms with van der Waals surface area (Å²) < 4.78 is 1.92. The number of anilines is 1. The molecule has 0 aliphatic heterocycles. The number of rotatable bonds is 2. The molecule has 2 aromatic rings. The maximum Gasteiger partial charge on any atom is 0.184 e. The minimum atomic E-state index is 0.340.